The van der Waals surface area contributed by atoms with Crippen LogP contribution in [0.3, 0.4) is 0 Å². The highest BCUT2D eigenvalue weighted by Gasteiger charge is 2.28. The summed E-state index contributed by atoms with van der Waals surface area (Å²) in [6.07, 6.45) is 0.174. The molecule has 1 rings (SSSR count). The first kappa shape index (κ1) is 15.7. The third-order valence-electron chi connectivity index (χ3n) is 3.53. The number of benzene rings is 1. The molecule has 0 radical (unpaired) electrons. The molecule has 0 fully saturated rings. The minimum absolute atomic E-state index is 0.0584. The van der Waals surface area contributed by atoms with Gasteiger partial charge in [-0.2, -0.15) is 0 Å². The van der Waals surface area contributed by atoms with Crippen LogP contribution in [-0.4, -0.2) is 28.1 Å². The van der Waals surface area contributed by atoms with Crippen molar-refractivity contribution >= 4 is 5.97 Å². The van der Waals surface area contributed by atoms with Crippen molar-refractivity contribution in [2.24, 2.45) is 0 Å². The smallest absolute Gasteiger partial charge is 0.304 e. The normalized spacial score (nSPS) is 13.6. The number of hydrogen-bond donors (Lipinski definition) is 1. The van der Waals surface area contributed by atoms with E-state index in [2.05, 4.69) is 51.7 Å². The van der Waals surface area contributed by atoms with Gasteiger partial charge in [-0.05, 0) is 45.7 Å². The fourth-order valence-electron chi connectivity index (χ4n) is 2.55. The predicted octanol–water partition coefficient (Wildman–Crippen LogP) is 3.63. The van der Waals surface area contributed by atoms with Crippen LogP contribution in [0.5, 0.6) is 0 Å². The second-order valence-corrected chi connectivity index (χ2v) is 6.04. The van der Waals surface area contributed by atoms with Crippen molar-refractivity contribution in [1.29, 1.82) is 0 Å². The number of carbonyl (C=O) groups is 1. The molecule has 1 aromatic carbocycles. The third kappa shape index (κ3) is 4.35. The Morgan fingerprint density at radius 1 is 1.32 bits per heavy atom. The molecule has 3 nitrogen and oxygen atoms in total. The Bertz CT molecular complexity index is 435. The zero-order chi connectivity index (χ0) is 14.6. The fraction of sp³-hybridized carbons (Fsp3) is 0.562. The van der Waals surface area contributed by atoms with Crippen LogP contribution in [0, 0.1) is 6.92 Å². The van der Waals surface area contributed by atoms with Crippen molar-refractivity contribution in [3.63, 3.8) is 0 Å². The maximum atomic E-state index is 10.8. The van der Waals surface area contributed by atoms with Crippen molar-refractivity contribution in [2.75, 3.05) is 6.54 Å². The summed E-state index contributed by atoms with van der Waals surface area (Å²) in [5.74, 6) is -0.744. The Morgan fingerprint density at radius 3 is 2.37 bits per heavy atom. The average molecular weight is 263 g/mol. The lowest BCUT2D eigenvalue weighted by molar-refractivity contribution is -0.137. The summed E-state index contributed by atoms with van der Waals surface area (Å²) in [5, 5.41) is 8.91. The van der Waals surface area contributed by atoms with E-state index < -0.39 is 5.97 Å². The molecule has 0 spiro atoms. The van der Waals surface area contributed by atoms with Gasteiger partial charge in [0.1, 0.15) is 0 Å². The molecule has 0 aliphatic carbocycles. The van der Waals surface area contributed by atoms with Gasteiger partial charge in [-0.25, -0.2) is 0 Å². The minimum atomic E-state index is -0.744. The number of nitrogens with zero attached hydrogens (tertiary/aromatic N) is 1. The van der Waals surface area contributed by atoms with Crippen molar-refractivity contribution in [1.82, 2.24) is 4.90 Å². The van der Waals surface area contributed by atoms with Gasteiger partial charge in [0.15, 0.2) is 0 Å². The van der Waals surface area contributed by atoms with Crippen LogP contribution in [0.4, 0.5) is 0 Å². The summed E-state index contributed by atoms with van der Waals surface area (Å²) in [6, 6.07) is 8.50. The molecule has 0 aliphatic heterocycles. The SMILES string of the molecule is Cc1ccccc1C(C)N(CCC(=O)O)C(C)(C)C. The van der Waals surface area contributed by atoms with Gasteiger partial charge in [0.2, 0.25) is 0 Å². The first-order chi connectivity index (χ1) is 8.73. The summed E-state index contributed by atoms with van der Waals surface area (Å²) in [5.41, 5.74) is 2.46. The largest absolute Gasteiger partial charge is 0.481 e. The standard InChI is InChI=1S/C16H25NO2/c1-12-8-6-7-9-14(12)13(2)17(16(3,4)5)11-10-15(18)19/h6-9,13H,10-11H2,1-5H3,(H,18,19). The summed E-state index contributed by atoms with van der Waals surface area (Å²) in [4.78, 5) is 13.1. The van der Waals surface area contributed by atoms with Crippen molar-refractivity contribution in [3.05, 3.63) is 35.4 Å². The highest BCUT2D eigenvalue weighted by atomic mass is 16.4. The minimum Gasteiger partial charge on any atom is -0.481 e. The molecular weight excluding hydrogens is 238 g/mol. The van der Waals surface area contributed by atoms with E-state index in [1.54, 1.807) is 0 Å². The zero-order valence-corrected chi connectivity index (χ0v) is 12.6. The number of carboxylic acids is 1. The van der Waals surface area contributed by atoms with Gasteiger partial charge in [-0.15, -0.1) is 0 Å². The van der Waals surface area contributed by atoms with Crippen molar-refractivity contribution in [2.45, 2.75) is 52.6 Å². The third-order valence-corrected chi connectivity index (χ3v) is 3.53. The molecule has 0 bridgehead atoms. The van der Waals surface area contributed by atoms with Crippen LogP contribution in [0.25, 0.3) is 0 Å². The highest BCUT2D eigenvalue weighted by Crippen LogP contribution is 2.29. The maximum absolute atomic E-state index is 10.8. The molecule has 0 aromatic heterocycles. The van der Waals surface area contributed by atoms with E-state index in [1.807, 2.05) is 12.1 Å². The van der Waals surface area contributed by atoms with Crippen LogP contribution in [-0.2, 0) is 4.79 Å². The molecule has 0 amide bonds. The summed E-state index contributed by atoms with van der Waals surface area (Å²) < 4.78 is 0. The second kappa shape index (κ2) is 6.20. The Balaban J connectivity index is 2.98. The van der Waals surface area contributed by atoms with Crippen LogP contribution in [0.15, 0.2) is 24.3 Å². The van der Waals surface area contributed by atoms with Gasteiger partial charge >= 0.3 is 5.97 Å². The van der Waals surface area contributed by atoms with Gasteiger partial charge in [0, 0.05) is 18.1 Å². The Kier molecular flexibility index (Phi) is 5.12. The van der Waals surface area contributed by atoms with E-state index in [1.165, 1.54) is 11.1 Å². The zero-order valence-electron chi connectivity index (χ0n) is 12.6. The molecule has 3 heteroatoms. The molecule has 0 saturated carbocycles. The van der Waals surface area contributed by atoms with Gasteiger partial charge in [0.25, 0.3) is 0 Å². The van der Waals surface area contributed by atoms with E-state index in [0.717, 1.165) is 0 Å². The van der Waals surface area contributed by atoms with Gasteiger partial charge < -0.3 is 5.11 Å². The monoisotopic (exact) mass is 263 g/mol. The predicted molar refractivity (Wildman–Crippen MR) is 78.3 cm³/mol. The van der Waals surface area contributed by atoms with Crippen LogP contribution in [0.2, 0.25) is 0 Å². The molecule has 106 valence electrons. The molecule has 0 aliphatic rings. The van der Waals surface area contributed by atoms with E-state index in [0.29, 0.717) is 6.54 Å². The maximum Gasteiger partial charge on any atom is 0.304 e. The highest BCUT2D eigenvalue weighted by molar-refractivity contribution is 5.66. The Labute approximate surface area is 116 Å². The van der Waals surface area contributed by atoms with Gasteiger partial charge in [-0.1, -0.05) is 24.3 Å². The van der Waals surface area contributed by atoms with Crippen molar-refractivity contribution < 1.29 is 9.90 Å². The lowest BCUT2D eigenvalue weighted by Crippen LogP contribution is -2.44. The van der Waals surface area contributed by atoms with E-state index in [9.17, 15) is 4.79 Å². The summed E-state index contributed by atoms with van der Waals surface area (Å²) in [6.45, 7) is 11.2. The van der Waals surface area contributed by atoms with Crippen LogP contribution in [0.1, 0.15) is 51.3 Å². The average Bonchev–Trinajstić information content (AvgIpc) is 2.27. The van der Waals surface area contributed by atoms with Gasteiger partial charge in [-0.3, -0.25) is 9.69 Å². The Morgan fingerprint density at radius 2 is 1.89 bits per heavy atom. The number of aryl methyl sites for hydroxylation is 1. The first-order valence-corrected chi connectivity index (χ1v) is 6.77. The number of hydrogen-bond acceptors (Lipinski definition) is 2. The molecule has 1 atom stereocenters. The Hall–Kier alpha value is -1.35. The van der Waals surface area contributed by atoms with Gasteiger partial charge in [0.05, 0.1) is 6.42 Å². The van der Waals surface area contributed by atoms with Crippen LogP contribution >= 0.6 is 0 Å². The molecule has 1 N–H and O–H groups in total. The number of aliphatic carboxylic acids is 1. The van der Waals surface area contributed by atoms with Crippen molar-refractivity contribution in [3.8, 4) is 0 Å². The molecule has 0 saturated heterocycles. The van der Waals surface area contributed by atoms with E-state index in [4.69, 9.17) is 5.11 Å². The summed E-state index contributed by atoms with van der Waals surface area (Å²) >= 11 is 0. The lowest BCUT2D eigenvalue weighted by Gasteiger charge is -2.40. The lowest BCUT2D eigenvalue weighted by atomic mass is 9.96. The number of carboxylic acid groups (broad SMARTS) is 1. The topological polar surface area (TPSA) is 40.5 Å². The molecule has 1 aromatic rings. The molecule has 1 unspecified atom stereocenters. The quantitative estimate of drug-likeness (QED) is 0.882. The molecule has 19 heavy (non-hydrogen) atoms. The molecular formula is C16H25NO2. The first-order valence-electron chi connectivity index (χ1n) is 6.77. The fourth-order valence-corrected chi connectivity index (χ4v) is 2.55. The van der Waals surface area contributed by atoms with Crippen LogP contribution < -0.4 is 0 Å². The van der Waals surface area contributed by atoms with E-state index in [-0.39, 0.29) is 18.0 Å². The summed E-state index contributed by atoms with van der Waals surface area (Å²) in [7, 11) is 0. The number of rotatable bonds is 5. The second-order valence-electron chi connectivity index (χ2n) is 6.04. The molecule has 0 heterocycles. The van der Waals surface area contributed by atoms with E-state index >= 15 is 0 Å².